The molecule has 0 bridgehead atoms. The van der Waals surface area contributed by atoms with Crippen molar-refractivity contribution in [3.05, 3.63) is 29.8 Å². The van der Waals surface area contributed by atoms with Gasteiger partial charge < -0.3 is 5.32 Å². The topological polar surface area (TPSA) is 49.4 Å². The molecule has 6 heteroatoms. The van der Waals surface area contributed by atoms with Gasteiger partial charge in [0.15, 0.2) is 0 Å². The van der Waals surface area contributed by atoms with E-state index in [4.69, 9.17) is 0 Å². The van der Waals surface area contributed by atoms with Gasteiger partial charge in [0, 0.05) is 25.4 Å². The van der Waals surface area contributed by atoms with E-state index in [1.807, 2.05) is 30.9 Å². The highest BCUT2D eigenvalue weighted by Gasteiger charge is 2.24. The summed E-state index contributed by atoms with van der Waals surface area (Å²) in [6, 6.07) is 7.16. The van der Waals surface area contributed by atoms with E-state index in [0.717, 1.165) is 30.0 Å². The first-order valence-corrected chi connectivity index (χ1v) is 9.05. The van der Waals surface area contributed by atoms with Gasteiger partial charge in [-0.1, -0.05) is 12.1 Å². The molecule has 0 saturated carbocycles. The maximum atomic E-state index is 12.5. The molecule has 1 aromatic carbocycles. The Morgan fingerprint density at radius 2 is 1.95 bits per heavy atom. The first-order chi connectivity index (χ1) is 9.14. The van der Waals surface area contributed by atoms with Crippen molar-refractivity contribution in [1.82, 2.24) is 9.62 Å². The monoisotopic (exact) mass is 300 g/mol. The molecule has 1 aliphatic heterocycles. The van der Waals surface area contributed by atoms with Crippen LogP contribution in [0.3, 0.4) is 0 Å². The second kappa shape index (κ2) is 6.74. The minimum Gasteiger partial charge on any atom is -0.316 e. The van der Waals surface area contributed by atoms with Crippen LogP contribution < -0.4 is 5.32 Å². The minimum absolute atomic E-state index is 0.402. The van der Waals surface area contributed by atoms with Gasteiger partial charge in [0.2, 0.25) is 10.0 Å². The Morgan fingerprint density at radius 1 is 1.21 bits per heavy atom. The first-order valence-electron chi connectivity index (χ1n) is 6.46. The average Bonchev–Trinajstić information content (AvgIpc) is 2.69. The normalized spacial score (nSPS) is 18.2. The molecule has 0 radical (unpaired) electrons. The van der Waals surface area contributed by atoms with Crippen molar-refractivity contribution >= 4 is 21.8 Å². The molecule has 1 saturated heterocycles. The van der Waals surface area contributed by atoms with Gasteiger partial charge in [-0.05, 0) is 36.9 Å². The van der Waals surface area contributed by atoms with Crippen LogP contribution in [0.4, 0.5) is 0 Å². The molecule has 1 N–H and O–H groups in total. The molecule has 4 nitrogen and oxygen atoms in total. The zero-order valence-electron chi connectivity index (χ0n) is 11.1. The Balaban J connectivity index is 2.18. The third-order valence-corrected chi connectivity index (χ3v) is 6.08. The lowest BCUT2D eigenvalue weighted by molar-refractivity contribution is 0.435. The second-order valence-corrected chi connectivity index (χ2v) is 7.71. The van der Waals surface area contributed by atoms with Crippen LogP contribution in [-0.4, -0.2) is 44.4 Å². The van der Waals surface area contributed by atoms with E-state index in [1.165, 1.54) is 0 Å². The summed E-state index contributed by atoms with van der Waals surface area (Å²) in [6.07, 6.45) is 0.932. The van der Waals surface area contributed by atoms with Crippen molar-refractivity contribution in [1.29, 1.82) is 0 Å². The van der Waals surface area contributed by atoms with Crippen LogP contribution in [0.25, 0.3) is 0 Å². The van der Waals surface area contributed by atoms with Crippen molar-refractivity contribution in [2.75, 3.05) is 31.6 Å². The predicted molar refractivity (Wildman–Crippen MR) is 79.9 cm³/mol. The van der Waals surface area contributed by atoms with Gasteiger partial charge in [0.25, 0.3) is 0 Å². The van der Waals surface area contributed by atoms with E-state index in [-0.39, 0.29) is 0 Å². The Bertz CT molecular complexity index is 492. The quantitative estimate of drug-likeness (QED) is 0.916. The number of hydrogen-bond donors (Lipinski definition) is 1. The number of hydrogen-bond acceptors (Lipinski definition) is 4. The molecule has 0 aromatic heterocycles. The Morgan fingerprint density at radius 3 is 2.63 bits per heavy atom. The predicted octanol–water partition coefficient (Wildman–Crippen LogP) is 1.53. The fourth-order valence-electron chi connectivity index (χ4n) is 2.10. The number of rotatable bonds is 4. The van der Waals surface area contributed by atoms with Crippen LogP contribution in [0.2, 0.25) is 0 Å². The maximum Gasteiger partial charge on any atom is 0.243 e. The molecule has 0 spiro atoms. The fraction of sp³-hybridized carbons (Fsp3) is 0.538. The van der Waals surface area contributed by atoms with Crippen molar-refractivity contribution in [2.45, 2.75) is 17.9 Å². The van der Waals surface area contributed by atoms with Gasteiger partial charge in [-0.3, -0.25) is 0 Å². The summed E-state index contributed by atoms with van der Waals surface area (Å²) in [5.74, 6) is 1.93. The summed E-state index contributed by atoms with van der Waals surface area (Å²) in [5, 5.41) is 3.05. The van der Waals surface area contributed by atoms with Crippen molar-refractivity contribution in [3.8, 4) is 0 Å². The van der Waals surface area contributed by atoms with Crippen molar-refractivity contribution in [2.24, 2.45) is 0 Å². The molecule has 2 rings (SSSR count). The van der Waals surface area contributed by atoms with E-state index in [1.54, 1.807) is 16.4 Å². The smallest absolute Gasteiger partial charge is 0.243 e. The summed E-state index contributed by atoms with van der Waals surface area (Å²) >= 11 is 1.83. The van der Waals surface area contributed by atoms with Crippen LogP contribution in [0.15, 0.2) is 29.2 Å². The first kappa shape index (κ1) is 14.8. The summed E-state index contributed by atoms with van der Waals surface area (Å²) in [7, 11) is -1.44. The SMILES string of the molecule is CNCc1ccc(S(=O)(=O)N2CCCSCC2)cc1. The average molecular weight is 300 g/mol. The van der Waals surface area contributed by atoms with E-state index < -0.39 is 10.0 Å². The Kier molecular flexibility index (Phi) is 5.27. The lowest BCUT2D eigenvalue weighted by Gasteiger charge is -2.19. The fourth-order valence-corrected chi connectivity index (χ4v) is 4.58. The van der Waals surface area contributed by atoms with Gasteiger partial charge in [-0.2, -0.15) is 16.1 Å². The summed E-state index contributed by atoms with van der Waals surface area (Å²) < 4.78 is 26.6. The minimum atomic E-state index is -3.32. The largest absolute Gasteiger partial charge is 0.316 e. The highest BCUT2D eigenvalue weighted by Crippen LogP contribution is 2.20. The van der Waals surface area contributed by atoms with E-state index >= 15 is 0 Å². The molecule has 0 unspecified atom stereocenters. The zero-order valence-corrected chi connectivity index (χ0v) is 12.8. The van der Waals surface area contributed by atoms with Crippen molar-refractivity contribution in [3.63, 3.8) is 0 Å². The number of nitrogens with zero attached hydrogens (tertiary/aromatic N) is 1. The molecule has 1 heterocycles. The Labute approximate surface area is 119 Å². The van der Waals surface area contributed by atoms with Gasteiger partial charge in [-0.25, -0.2) is 8.42 Å². The lowest BCUT2D eigenvalue weighted by atomic mass is 10.2. The lowest BCUT2D eigenvalue weighted by Crippen LogP contribution is -2.33. The van der Waals surface area contributed by atoms with Crippen LogP contribution in [0.1, 0.15) is 12.0 Å². The molecule has 0 atom stereocenters. The van der Waals surface area contributed by atoms with Gasteiger partial charge in [0.05, 0.1) is 4.90 Å². The van der Waals surface area contributed by atoms with Crippen LogP contribution in [-0.2, 0) is 16.6 Å². The third kappa shape index (κ3) is 3.72. The van der Waals surface area contributed by atoms with E-state index in [0.29, 0.717) is 18.0 Å². The van der Waals surface area contributed by atoms with Crippen LogP contribution >= 0.6 is 11.8 Å². The van der Waals surface area contributed by atoms with Gasteiger partial charge in [0.1, 0.15) is 0 Å². The van der Waals surface area contributed by atoms with Crippen LogP contribution in [0.5, 0.6) is 0 Å². The molecule has 1 aromatic rings. The third-order valence-electron chi connectivity index (χ3n) is 3.12. The molecule has 106 valence electrons. The molecule has 0 aliphatic carbocycles. The molecule has 1 fully saturated rings. The number of thioether (sulfide) groups is 1. The number of nitrogens with one attached hydrogen (secondary N) is 1. The van der Waals surface area contributed by atoms with E-state index in [2.05, 4.69) is 5.32 Å². The van der Waals surface area contributed by atoms with Gasteiger partial charge in [-0.15, -0.1) is 0 Å². The molecular weight excluding hydrogens is 280 g/mol. The van der Waals surface area contributed by atoms with Crippen molar-refractivity contribution < 1.29 is 8.42 Å². The highest BCUT2D eigenvalue weighted by atomic mass is 32.2. The summed E-state index contributed by atoms with van der Waals surface area (Å²) in [4.78, 5) is 0.402. The van der Waals surface area contributed by atoms with E-state index in [9.17, 15) is 8.42 Å². The second-order valence-electron chi connectivity index (χ2n) is 4.54. The summed E-state index contributed by atoms with van der Waals surface area (Å²) in [6.45, 7) is 2.00. The summed E-state index contributed by atoms with van der Waals surface area (Å²) in [5.41, 5.74) is 1.09. The maximum absolute atomic E-state index is 12.5. The highest BCUT2D eigenvalue weighted by molar-refractivity contribution is 7.99. The van der Waals surface area contributed by atoms with Gasteiger partial charge >= 0.3 is 0 Å². The molecular formula is C13H20N2O2S2. The van der Waals surface area contributed by atoms with Crippen LogP contribution in [0, 0.1) is 0 Å². The molecule has 0 amide bonds. The number of benzene rings is 1. The Hall–Kier alpha value is -0.560. The molecule has 19 heavy (non-hydrogen) atoms. The zero-order chi connectivity index (χ0) is 13.7. The standard InChI is InChI=1S/C13H20N2O2S2/c1-14-11-12-3-5-13(6-4-12)19(16,17)15-7-2-9-18-10-8-15/h3-6,14H,2,7-11H2,1H3. The number of sulfonamides is 1. The molecule has 1 aliphatic rings.